The van der Waals surface area contributed by atoms with E-state index < -0.39 is 46.8 Å². The first-order chi connectivity index (χ1) is 22.0. The number of benzene rings is 2. The number of hydrogen-bond acceptors (Lipinski definition) is 6. The Balaban J connectivity index is 0.000000181. The number of halogens is 2. The molecule has 2 aromatic carbocycles. The number of nitrogens with zero attached hydrogens (tertiary/aromatic N) is 2. The largest absolute Gasteiger partial charge is 0.466 e. The summed E-state index contributed by atoms with van der Waals surface area (Å²) in [6, 6.07) is 18.7. The van der Waals surface area contributed by atoms with Gasteiger partial charge in [0.15, 0.2) is 12.3 Å². The van der Waals surface area contributed by atoms with Gasteiger partial charge < -0.3 is 19.3 Å². The second-order valence-corrected chi connectivity index (χ2v) is 12.9. The van der Waals surface area contributed by atoms with Crippen molar-refractivity contribution < 1.29 is 37.4 Å². The van der Waals surface area contributed by atoms with Crippen LogP contribution < -0.4 is 0 Å². The molecule has 0 bridgehead atoms. The quantitative estimate of drug-likeness (QED) is 0.307. The second-order valence-electron chi connectivity index (χ2n) is 12.9. The summed E-state index contributed by atoms with van der Waals surface area (Å²) in [5, 5.41) is 0. The average Bonchev–Trinajstić information content (AvgIpc) is 4.00. The first-order valence-electron chi connectivity index (χ1n) is 16.4. The molecule has 0 aromatic heterocycles. The number of alkyl halides is 2. The van der Waals surface area contributed by atoms with Crippen LogP contribution in [0.25, 0.3) is 0 Å². The van der Waals surface area contributed by atoms with E-state index in [-0.39, 0.29) is 50.3 Å². The highest BCUT2D eigenvalue weighted by Crippen LogP contribution is 2.58. The van der Waals surface area contributed by atoms with Gasteiger partial charge in [0.05, 0.1) is 36.1 Å². The Labute approximate surface area is 269 Å². The van der Waals surface area contributed by atoms with Crippen molar-refractivity contribution in [2.24, 2.45) is 22.7 Å². The Kier molecular flexibility index (Phi) is 9.84. The maximum atomic E-state index is 14.6. The number of amides is 2. The van der Waals surface area contributed by atoms with Gasteiger partial charge in [-0.05, 0) is 64.5 Å². The zero-order valence-corrected chi connectivity index (χ0v) is 27.0. The third kappa shape index (κ3) is 6.15. The van der Waals surface area contributed by atoms with Gasteiger partial charge in [-0.2, -0.15) is 0 Å². The highest BCUT2D eigenvalue weighted by Gasteiger charge is 2.65. The van der Waals surface area contributed by atoms with Crippen LogP contribution in [0.15, 0.2) is 60.7 Å². The van der Waals surface area contributed by atoms with E-state index in [2.05, 4.69) is 0 Å². The van der Waals surface area contributed by atoms with Gasteiger partial charge in [0.1, 0.15) is 0 Å². The minimum absolute atomic E-state index is 0.204. The molecule has 6 rings (SSSR count). The van der Waals surface area contributed by atoms with Crippen molar-refractivity contribution in [2.75, 3.05) is 26.3 Å². The highest BCUT2D eigenvalue weighted by atomic mass is 19.1. The molecule has 2 aliphatic heterocycles. The molecule has 2 saturated heterocycles. The molecular formula is C36H44F2N2O6. The fourth-order valence-corrected chi connectivity index (χ4v) is 7.15. The van der Waals surface area contributed by atoms with Crippen LogP contribution in [0.2, 0.25) is 0 Å². The fourth-order valence-electron chi connectivity index (χ4n) is 7.15. The van der Waals surface area contributed by atoms with Crippen LogP contribution in [0.3, 0.4) is 0 Å². The van der Waals surface area contributed by atoms with E-state index in [4.69, 9.17) is 9.47 Å². The number of carbonyl (C=O) groups is 4. The van der Waals surface area contributed by atoms with E-state index in [1.807, 2.05) is 74.5 Å². The van der Waals surface area contributed by atoms with Crippen molar-refractivity contribution in [1.29, 1.82) is 0 Å². The molecule has 0 spiro atoms. The molecule has 46 heavy (non-hydrogen) atoms. The smallest absolute Gasteiger partial charge is 0.312 e. The highest BCUT2D eigenvalue weighted by molar-refractivity contribution is 5.89. The third-order valence-corrected chi connectivity index (χ3v) is 10.4. The summed E-state index contributed by atoms with van der Waals surface area (Å²) in [7, 11) is 0. The molecule has 6 atom stereocenters. The van der Waals surface area contributed by atoms with E-state index in [1.165, 1.54) is 0 Å². The van der Waals surface area contributed by atoms with Crippen molar-refractivity contribution in [1.82, 2.24) is 9.80 Å². The lowest BCUT2D eigenvalue weighted by Crippen LogP contribution is -2.34. The van der Waals surface area contributed by atoms with Gasteiger partial charge in [0.2, 0.25) is 0 Å². The van der Waals surface area contributed by atoms with Crippen molar-refractivity contribution in [3.8, 4) is 0 Å². The molecule has 4 fully saturated rings. The summed E-state index contributed by atoms with van der Waals surface area (Å²) in [4.78, 5) is 52.3. The lowest BCUT2D eigenvalue weighted by atomic mass is 9.87. The fraction of sp³-hybridized carbons (Fsp3) is 0.556. The van der Waals surface area contributed by atoms with Gasteiger partial charge >= 0.3 is 11.9 Å². The number of carbonyl (C=O) groups excluding carboxylic acids is 4. The standard InChI is InChI=1S/2C18H22FNO3/c2*1-3-23-17(22)18(9-10-18)14-11-20(16(21)15(14)19)12(2)13-7-5-4-6-8-13/h2*4-8,12,14-15H,3,9-11H2,1-2H3/t12-,14-,15+;12-,14-,15-/m00/s1. The molecule has 2 aliphatic carbocycles. The van der Waals surface area contributed by atoms with Crippen molar-refractivity contribution in [3.05, 3.63) is 71.8 Å². The molecule has 2 aromatic rings. The number of hydrogen-bond donors (Lipinski definition) is 0. The molecule has 0 radical (unpaired) electrons. The topological polar surface area (TPSA) is 93.2 Å². The Morgan fingerprint density at radius 1 is 0.696 bits per heavy atom. The van der Waals surface area contributed by atoms with Gasteiger partial charge in [-0.3, -0.25) is 19.2 Å². The number of ether oxygens (including phenoxy) is 2. The molecule has 4 aliphatic rings. The molecule has 248 valence electrons. The van der Waals surface area contributed by atoms with E-state index in [0.717, 1.165) is 11.1 Å². The van der Waals surface area contributed by atoms with Crippen LogP contribution >= 0.6 is 0 Å². The van der Waals surface area contributed by atoms with Crippen LogP contribution in [0, 0.1) is 22.7 Å². The molecule has 0 N–H and O–H groups in total. The normalized spacial score (nSPS) is 26.9. The third-order valence-electron chi connectivity index (χ3n) is 10.4. The SMILES string of the molecule is CCOC(=O)C1([C@H]2CN([C@@H](C)c3ccccc3)C(=O)[C@@H]2F)CC1.CCOC(=O)C1([C@H]2CN([C@@H](C)c3ccccc3)C(=O)[C@H]2F)CC1. The number of rotatable bonds is 10. The second kappa shape index (κ2) is 13.5. The molecule has 2 saturated carbocycles. The van der Waals surface area contributed by atoms with Gasteiger partial charge in [-0.15, -0.1) is 0 Å². The Bertz CT molecular complexity index is 1310. The first-order valence-corrected chi connectivity index (χ1v) is 16.4. The lowest BCUT2D eigenvalue weighted by molar-refractivity contribution is -0.153. The summed E-state index contributed by atoms with van der Waals surface area (Å²) < 4.78 is 39.5. The number of esters is 2. The van der Waals surface area contributed by atoms with Crippen molar-refractivity contribution in [2.45, 2.75) is 77.8 Å². The van der Waals surface area contributed by atoms with Gasteiger partial charge in [-0.25, -0.2) is 8.78 Å². The Morgan fingerprint density at radius 2 is 1.02 bits per heavy atom. The van der Waals surface area contributed by atoms with Gasteiger partial charge in [0, 0.05) is 24.9 Å². The predicted octanol–water partition coefficient (Wildman–Crippen LogP) is 5.77. The van der Waals surface area contributed by atoms with E-state index >= 15 is 0 Å². The van der Waals surface area contributed by atoms with Crippen molar-refractivity contribution >= 4 is 23.8 Å². The summed E-state index contributed by atoms with van der Waals surface area (Å²) >= 11 is 0. The zero-order chi connectivity index (χ0) is 33.2. The van der Waals surface area contributed by atoms with E-state index in [0.29, 0.717) is 25.7 Å². The lowest BCUT2D eigenvalue weighted by Gasteiger charge is -2.26. The van der Waals surface area contributed by atoms with Crippen LogP contribution in [-0.2, 0) is 28.7 Å². The molecular weight excluding hydrogens is 594 g/mol. The average molecular weight is 639 g/mol. The van der Waals surface area contributed by atoms with Crippen LogP contribution in [-0.4, -0.2) is 72.2 Å². The van der Waals surface area contributed by atoms with Crippen LogP contribution in [0.4, 0.5) is 8.78 Å². The van der Waals surface area contributed by atoms with Crippen LogP contribution in [0.5, 0.6) is 0 Å². The number of likely N-dealkylation sites (tertiary alicyclic amines) is 2. The predicted molar refractivity (Wildman–Crippen MR) is 167 cm³/mol. The molecule has 2 heterocycles. The monoisotopic (exact) mass is 638 g/mol. The molecule has 8 nitrogen and oxygen atoms in total. The summed E-state index contributed by atoms with van der Waals surface area (Å²) in [5.74, 6) is -2.92. The summed E-state index contributed by atoms with van der Waals surface area (Å²) in [5.41, 5.74) is 0.344. The summed E-state index contributed by atoms with van der Waals surface area (Å²) in [6.45, 7) is 8.38. The molecule has 10 heteroatoms. The maximum absolute atomic E-state index is 14.6. The first kappa shape index (κ1) is 33.5. The molecule has 0 unspecified atom stereocenters. The Morgan fingerprint density at radius 3 is 1.30 bits per heavy atom. The minimum Gasteiger partial charge on any atom is -0.466 e. The minimum atomic E-state index is -1.62. The maximum Gasteiger partial charge on any atom is 0.312 e. The molecule has 2 amide bonds. The zero-order valence-electron chi connectivity index (χ0n) is 27.0. The van der Waals surface area contributed by atoms with Crippen molar-refractivity contribution in [3.63, 3.8) is 0 Å². The van der Waals surface area contributed by atoms with Crippen LogP contribution in [0.1, 0.15) is 76.6 Å². The summed E-state index contributed by atoms with van der Waals surface area (Å²) in [6.07, 6.45) is -0.800. The van der Waals surface area contributed by atoms with E-state index in [9.17, 15) is 28.0 Å². The van der Waals surface area contributed by atoms with Gasteiger partial charge in [0.25, 0.3) is 11.8 Å². The van der Waals surface area contributed by atoms with E-state index in [1.54, 1.807) is 23.6 Å². The van der Waals surface area contributed by atoms with Gasteiger partial charge in [-0.1, -0.05) is 60.7 Å². The Hall–Kier alpha value is -3.82.